The molecule has 1 atom stereocenters. The Morgan fingerprint density at radius 3 is 2.72 bits per heavy atom. The lowest BCUT2D eigenvalue weighted by atomic mass is 9.73. The summed E-state index contributed by atoms with van der Waals surface area (Å²) in [5, 5.41) is 11.2. The van der Waals surface area contributed by atoms with Gasteiger partial charge >= 0.3 is 6.09 Å². The highest BCUT2D eigenvalue weighted by atomic mass is 16.6. The largest absolute Gasteiger partial charge is 0.444 e. The number of H-pyrrole nitrogens is 1. The van der Waals surface area contributed by atoms with E-state index in [1.54, 1.807) is 0 Å². The Balaban J connectivity index is 1.72. The van der Waals surface area contributed by atoms with Crippen molar-refractivity contribution < 1.29 is 9.53 Å². The lowest BCUT2D eigenvalue weighted by molar-refractivity contribution is 0.0523. The van der Waals surface area contributed by atoms with Gasteiger partial charge in [-0.3, -0.25) is 10.1 Å². The van der Waals surface area contributed by atoms with Crippen LogP contribution in [0.1, 0.15) is 64.2 Å². The minimum atomic E-state index is -0.530. The summed E-state index contributed by atoms with van der Waals surface area (Å²) in [6, 6.07) is 8.05. The van der Waals surface area contributed by atoms with Crippen LogP contribution in [0.25, 0.3) is 22.3 Å². The van der Waals surface area contributed by atoms with Gasteiger partial charge in [0.1, 0.15) is 5.60 Å². The fraction of sp³-hybridized carbons (Fsp3) is 0.440. The number of rotatable bonds is 3. The second-order valence-electron chi connectivity index (χ2n) is 10.4. The van der Waals surface area contributed by atoms with Crippen LogP contribution in [-0.4, -0.2) is 39.6 Å². The number of aromatic amines is 1. The van der Waals surface area contributed by atoms with E-state index < -0.39 is 11.7 Å². The zero-order valence-electron chi connectivity index (χ0n) is 19.6. The Morgan fingerprint density at radius 1 is 1.22 bits per heavy atom. The van der Waals surface area contributed by atoms with E-state index in [1.165, 1.54) is 5.56 Å². The smallest absolute Gasteiger partial charge is 0.407 e. The van der Waals surface area contributed by atoms with Crippen LogP contribution in [0, 0.1) is 5.41 Å². The van der Waals surface area contributed by atoms with Crippen molar-refractivity contribution in [1.82, 2.24) is 20.5 Å². The van der Waals surface area contributed by atoms with E-state index in [1.807, 2.05) is 51.4 Å². The minimum absolute atomic E-state index is 0.0501. The first-order valence-electron chi connectivity index (χ1n) is 11.0. The third kappa shape index (κ3) is 4.52. The van der Waals surface area contributed by atoms with E-state index >= 15 is 0 Å². The van der Waals surface area contributed by atoms with Crippen LogP contribution in [0.2, 0.25) is 0 Å². The molecule has 168 valence electrons. The van der Waals surface area contributed by atoms with Crippen LogP contribution in [0.3, 0.4) is 0 Å². The number of fused-ring (bicyclic) bond motifs is 3. The quantitative estimate of drug-likeness (QED) is 0.593. The molecular formula is C25H31N5O2. The maximum atomic E-state index is 12.1. The van der Waals surface area contributed by atoms with Gasteiger partial charge in [0.2, 0.25) is 0 Å². The maximum absolute atomic E-state index is 12.1. The fourth-order valence-electron chi connectivity index (χ4n) is 4.10. The molecule has 3 heterocycles. The van der Waals surface area contributed by atoms with E-state index in [0.717, 1.165) is 40.0 Å². The zero-order chi connectivity index (χ0) is 23.1. The van der Waals surface area contributed by atoms with E-state index in [0.29, 0.717) is 6.54 Å². The number of aliphatic imine (C=N–C) groups is 1. The fourth-order valence-corrected chi connectivity index (χ4v) is 4.10. The molecule has 0 saturated heterocycles. The number of ether oxygens (including phenoxy) is 1. The van der Waals surface area contributed by atoms with Crippen molar-refractivity contribution in [2.45, 2.75) is 59.6 Å². The Morgan fingerprint density at radius 2 is 2.00 bits per heavy atom. The first-order valence-corrected chi connectivity index (χ1v) is 11.0. The van der Waals surface area contributed by atoms with E-state index in [-0.39, 0.29) is 11.3 Å². The summed E-state index contributed by atoms with van der Waals surface area (Å²) in [4.78, 5) is 21.6. The van der Waals surface area contributed by atoms with Crippen LogP contribution < -0.4 is 5.32 Å². The van der Waals surface area contributed by atoms with Gasteiger partial charge in [0.05, 0.1) is 11.9 Å². The third-order valence-corrected chi connectivity index (χ3v) is 5.62. The van der Waals surface area contributed by atoms with Gasteiger partial charge in [0.25, 0.3) is 0 Å². The second-order valence-corrected chi connectivity index (χ2v) is 10.4. The molecule has 2 N–H and O–H groups in total. The first-order chi connectivity index (χ1) is 15.0. The van der Waals surface area contributed by atoms with Gasteiger partial charge in [-0.2, -0.15) is 5.10 Å². The van der Waals surface area contributed by atoms with Gasteiger partial charge in [-0.05, 0) is 43.4 Å². The van der Waals surface area contributed by atoms with E-state index in [4.69, 9.17) is 14.7 Å². The molecule has 3 aromatic rings. The maximum Gasteiger partial charge on any atom is 0.407 e. The highest BCUT2D eigenvalue weighted by Crippen LogP contribution is 2.43. The molecule has 1 unspecified atom stereocenters. The Kier molecular flexibility index (Phi) is 5.53. The Bertz CT molecular complexity index is 1180. The molecule has 1 aliphatic rings. The van der Waals surface area contributed by atoms with Gasteiger partial charge in [-0.15, -0.1) is 0 Å². The Hall–Kier alpha value is -3.22. The molecule has 0 bridgehead atoms. The molecule has 0 fully saturated rings. The van der Waals surface area contributed by atoms with Gasteiger partial charge in [-0.1, -0.05) is 39.0 Å². The molecule has 2 aromatic heterocycles. The molecule has 1 aromatic carbocycles. The summed E-state index contributed by atoms with van der Waals surface area (Å²) in [6.45, 7) is 13.4. The van der Waals surface area contributed by atoms with Crippen molar-refractivity contribution >= 4 is 23.3 Å². The van der Waals surface area contributed by atoms with Gasteiger partial charge in [-0.25, -0.2) is 9.78 Å². The molecule has 4 rings (SSSR count). The number of benzene rings is 1. The molecule has 0 spiro atoms. The molecule has 0 saturated carbocycles. The molecule has 1 aliphatic heterocycles. The summed E-state index contributed by atoms with van der Waals surface area (Å²) in [7, 11) is 0. The van der Waals surface area contributed by atoms with Gasteiger partial charge < -0.3 is 10.1 Å². The van der Waals surface area contributed by atoms with Crippen molar-refractivity contribution in [3.8, 4) is 11.3 Å². The lowest BCUT2D eigenvalue weighted by Crippen LogP contribution is -2.32. The monoisotopic (exact) mass is 433 g/mol. The summed E-state index contributed by atoms with van der Waals surface area (Å²) in [6.07, 6.45) is 3.37. The molecule has 7 heteroatoms. The number of amides is 1. The van der Waals surface area contributed by atoms with Crippen molar-refractivity contribution in [2.24, 2.45) is 10.4 Å². The average molecular weight is 434 g/mol. The first kappa shape index (κ1) is 22.0. The highest BCUT2D eigenvalue weighted by molar-refractivity contribution is 5.99. The van der Waals surface area contributed by atoms with Crippen LogP contribution in [0.5, 0.6) is 0 Å². The number of nitrogens with one attached hydrogen (secondary N) is 2. The second kappa shape index (κ2) is 8.04. The summed E-state index contributed by atoms with van der Waals surface area (Å²) in [5.41, 5.74) is 5.40. The molecular weight excluding hydrogens is 402 g/mol. The third-order valence-electron chi connectivity index (χ3n) is 5.62. The predicted molar refractivity (Wildman–Crippen MR) is 127 cm³/mol. The summed E-state index contributed by atoms with van der Waals surface area (Å²) >= 11 is 0. The van der Waals surface area contributed by atoms with Crippen LogP contribution in [-0.2, 0) is 11.3 Å². The molecule has 32 heavy (non-hydrogen) atoms. The summed E-state index contributed by atoms with van der Waals surface area (Å²) < 4.78 is 5.34. The summed E-state index contributed by atoms with van der Waals surface area (Å²) in [5.74, 6) is 0.265. The highest BCUT2D eigenvalue weighted by Gasteiger charge is 2.33. The standard InChI is InChI=1S/C25H31N5O2/c1-24(2,3)19-14-26-12-17-20(19)18-13-28-30-22(18)29-21(17)16-9-7-8-15(10-16)11-27-23(31)32-25(4,5)6/h7-10,12-13,19H,11,14H2,1-6H3,(H,27,31)(H,28,29,30). The lowest BCUT2D eigenvalue weighted by Gasteiger charge is -2.34. The molecule has 0 aliphatic carbocycles. The van der Waals surface area contributed by atoms with Crippen molar-refractivity contribution in [3.63, 3.8) is 0 Å². The van der Waals surface area contributed by atoms with E-state index in [9.17, 15) is 4.79 Å². The number of hydrogen-bond acceptors (Lipinski definition) is 5. The molecule has 0 radical (unpaired) electrons. The van der Waals surface area contributed by atoms with Crippen LogP contribution in [0.4, 0.5) is 4.79 Å². The number of nitrogens with zero attached hydrogens (tertiary/aromatic N) is 3. The minimum Gasteiger partial charge on any atom is -0.444 e. The average Bonchev–Trinajstić information content (AvgIpc) is 3.18. The number of carbonyl (C=O) groups is 1. The number of aromatic nitrogens is 3. The van der Waals surface area contributed by atoms with Gasteiger partial charge in [0, 0.05) is 41.7 Å². The van der Waals surface area contributed by atoms with Crippen molar-refractivity contribution in [3.05, 3.63) is 47.2 Å². The Labute approximate surface area is 188 Å². The number of carbonyl (C=O) groups excluding carboxylic acids is 1. The van der Waals surface area contributed by atoms with Gasteiger partial charge in [0.15, 0.2) is 5.65 Å². The number of hydrogen-bond donors (Lipinski definition) is 2. The van der Waals surface area contributed by atoms with Crippen molar-refractivity contribution in [1.29, 1.82) is 0 Å². The van der Waals surface area contributed by atoms with Crippen molar-refractivity contribution in [2.75, 3.05) is 6.54 Å². The number of alkyl carbamates (subject to hydrolysis) is 1. The normalized spacial score (nSPS) is 16.1. The van der Waals surface area contributed by atoms with E-state index in [2.05, 4.69) is 42.4 Å². The SMILES string of the molecule is CC(C)(C)OC(=O)NCc1cccc(-c2nc3[nH]ncc3c3c2C=NCC3C(C)(C)C)c1. The van der Waals surface area contributed by atoms with Crippen LogP contribution in [0.15, 0.2) is 35.5 Å². The molecule has 7 nitrogen and oxygen atoms in total. The number of pyridine rings is 1. The van der Waals surface area contributed by atoms with Crippen LogP contribution >= 0.6 is 0 Å². The molecule has 1 amide bonds. The predicted octanol–water partition coefficient (Wildman–Crippen LogP) is 5.21. The zero-order valence-corrected chi connectivity index (χ0v) is 19.6. The topological polar surface area (TPSA) is 92.3 Å².